The first-order valence-corrected chi connectivity index (χ1v) is 12.8. The maximum Gasteiger partial charge on any atom is 0.261 e. The summed E-state index contributed by atoms with van der Waals surface area (Å²) in [7, 11) is -1.81. The quantitative estimate of drug-likeness (QED) is 0.578. The molecule has 1 N–H and O–H groups in total. The van der Waals surface area contributed by atoms with E-state index in [9.17, 15) is 13.2 Å². The first kappa shape index (κ1) is 22.9. The molecule has 0 heterocycles. The number of hydrogen-bond acceptors (Lipinski definition) is 5. The fourth-order valence-electron chi connectivity index (χ4n) is 3.16. The van der Waals surface area contributed by atoms with E-state index in [4.69, 9.17) is 4.74 Å². The van der Waals surface area contributed by atoms with E-state index in [0.29, 0.717) is 24.4 Å². The lowest BCUT2D eigenvalue weighted by molar-refractivity contribution is -0.127. The first-order valence-electron chi connectivity index (χ1n) is 9.91. The van der Waals surface area contributed by atoms with E-state index in [1.165, 1.54) is 43.5 Å². The third-order valence-corrected chi connectivity index (χ3v) is 7.53. The molecule has 1 amide bonds. The molecule has 0 saturated heterocycles. The molecule has 0 bridgehead atoms. The lowest BCUT2D eigenvalue weighted by atomic mass is 10.0. The van der Waals surface area contributed by atoms with Gasteiger partial charge in [-0.3, -0.25) is 9.10 Å². The summed E-state index contributed by atoms with van der Waals surface area (Å²) >= 11 is 1.96. The summed E-state index contributed by atoms with van der Waals surface area (Å²) in [4.78, 5) is 12.4. The fraction of sp³-hybridized carbons (Fsp3) is 0.650. The van der Waals surface area contributed by atoms with E-state index >= 15 is 0 Å². The topological polar surface area (TPSA) is 75.7 Å². The fourth-order valence-corrected chi connectivity index (χ4v) is 4.88. The van der Waals surface area contributed by atoms with E-state index in [0.717, 1.165) is 17.3 Å². The molecule has 1 aromatic rings. The van der Waals surface area contributed by atoms with Gasteiger partial charge in [-0.2, -0.15) is 11.8 Å². The van der Waals surface area contributed by atoms with E-state index in [2.05, 4.69) is 5.32 Å². The molecule has 158 valence electrons. The van der Waals surface area contributed by atoms with Crippen LogP contribution in [0.25, 0.3) is 0 Å². The van der Waals surface area contributed by atoms with Gasteiger partial charge in [-0.15, -0.1) is 0 Å². The molecule has 0 aliphatic heterocycles. The Hall–Kier alpha value is -1.41. The molecule has 8 heteroatoms. The number of benzene rings is 1. The Labute approximate surface area is 173 Å². The van der Waals surface area contributed by atoms with Crippen molar-refractivity contribution >= 4 is 33.4 Å². The summed E-state index contributed by atoms with van der Waals surface area (Å²) < 4.78 is 30.2. The molecule has 6 nitrogen and oxygen atoms in total. The van der Waals surface area contributed by atoms with Crippen LogP contribution >= 0.6 is 11.8 Å². The number of carbonyl (C=O) groups is 1. The highest BCUT2D eigenvalue weighted by Crippen LogP contribution is 2.27. The summed E-state index contributed by atoms with van der Waals surface area (Å²) in [5.41, 5.74) is 0.548. The van der Waals surface area contributed by atoms with Gasteiger partial charge < -0.3 is 10.1 Å². The molecule has 1 aromatic carbocycles. The second-order valence-corrected chi connectivity index (χ2v) is 10.6. The van der Waals surface area contributed by atoms with Crippen LogP contribution in [0.3, 0.4) is 0 Å². The molecule has 0 radical (unpaired) electrons. The summed E-state index contributed by atoms with van der Waals surface area (Å²) in [5, 5.41) is 3.71. The minimum absolute atomic E-state index is 0.107. The van der Waals surface area contributed by atoms with Crippen molar-refractivity contribution in [3.8, 4) is 5.75 Å². The van der Waals surface area contributed by atoms with Gasteiger partial charge in [-0.25, -0.2) is 8.42 Å². The monoisotopic (exact) mass is 428 g/mol. The minimum atomic E-state index is -3.30. The van der Waals surface area contributed by atoms with E-state index in [1.807, 2.05) is 18.7 Å². The van der Waals surface area contributed by atoms with Gasteiger partial charge in [0.15, 0.2) is 6.10 Å². The van der Waals surface area contributed by atoms with E-state index in [-0.39, 0.29) is 5.91 Å². The Bertz CT molecular complexity index is 716. The van der Waals surface area contributed by atoms with Crippen molar-refractivity contribution in [3.63, 3.8) is 0 Å². The van der Waals surface area contributed by atoms with Crippen LogP contribution in [0, 0.1) is 0 Å². The van der Waals surface area contributed by atoms with Gasteiger partial charge in [0.25, 0.3) is 5.91 Å². The van der Waals surface area contributed by atoms with Crippen LogP contribution in [0.15, 0.2) is 24.3 Å². The lowest BCUT2D eigenvalue weighted by Crippen LogP contribution is -2.39. The highest BCUT2D eigenvalue weighted by atomic mass is 32.2. The van der Waals surface area contributed by atoms with Crippen molar-refractivity contribution in [3.05, 3.63) is 24.3 Å². The third-order valence-electron chi connectivity index (χ3n) is 4.95. The van der Waals surface area contributed by atoms with Crippen LogP contribution < -0.4 is 14.4 Å². The molecule has 1 fully saturated rings. The van der Waals surface area contributed by atoms with Crippen LogP contribution in [-0.4, -0.2) is 51.3 Å². The average Bonchev–Trinajstić information content (AvgIpc) is 2.69. The molecule has 1 aliphatic carbocycles. The maximum absolute atomic E-state index is 12.4. The smallest absolute Gasteiger partial charge is 0.261 e. The number of nitrogens with one attached hydrogen (secondary N) is 1. The molecule has 0 aromatic heterocycles. The third kappa shape index (κ3) is 7.20. The van der Waals surface area contributed by atoms with Crippen molar-refractivity contribution in [2.24, 2.45) is 0 Å². The minimum Gasteiger partial charge on any atom is -0.481 e. The van der Waals surface area contributed by atoms with Crippen molar-refractivity contribution in [1.82, 2.24) is 5.32 Å². The molecule has 1 atom stereocenters. The van der Waals surface area contributed by atoms with Crippen LogP contribution in [0.1, 0.15) is 45.4 Å². The maximum atomic E-state index is 12.4. The number of rotatable bonds is 10. The van der Waals surface area contributed by atoms with Crippen molar-refractivity contribution in [2.75, 3.05) is 29.9 Å². The zero-order chi connectivity index (χ0) is 20.6. The second kappa shape index (κ2) is 11.0. The van der Waals surface area contributed by atoms with Gasteiger partial charge in [0, 0.05) is 24.6 Å². The number of sulfonamides is 1. The average molecular weight is 429 g/mol. The highest BCUT2D eigenvalue weighted by molar-refractivity contribution is 7.99. The molecular weight excluding hydrogens is 396 g/mol. The number of amides is 1. The van der Waals surface area contributed by atoms with Crippen molar-refractivity contribution in [1.29, 1.82) is 0 Å². The molecule has 1 saturated carbocycles. The van der Waals surface area contributed by atoms with Crippen LogP contribution in [0.2, 0.25) is 0 Å². The van der Waals surface area contributed by atoms with E-state index in [1.54, 1.807) is 24.3 Å². The van der Waals surface area contributed by atoms with Crippen molar-refractivity contribution in [2.45, 2.75) is 56.8 Å². The summed E-state index contributed by atoms with van der Waals surface area (Å²) in [6.45, 7) is 2.56. The standard InChI is InChI=1S/C20H32N2O4S2/c1-4-19(20(23)21-14-15-27-18-8-6-5-7-9-18)26-17-12-10-16(11-13-17)22(2)28(3,24)25/h10-13,18-19H,4-9,14-15H2,1-3H3,(H,21,23). The highest BCUT2D eigenvalue weighted by Gasteiger charge is 2.19. The molecule has 0 spiro atoms. The Kier molecular flexibility index (Phi) is 8.95. The predicted octanol–water partition coefficient (Wildman–Crippen LogP) is 3.42. The zero-order valence-corrected chi connectivity index (χ0v) is 18.7. The summed E-state index contributed by atoms with van der Waals surface area (Å²) in [5.74, 6) is 1.37. The Morgan fingerprint density at radius 1 is 1.25 bits per heavy atom. The predicted molar refractivity (Wildman–Crippen MR) is 117 cm³/mol. The van der Waals surface area contributed by atoms with Gasteiger partial charge in [-0.05, 0) is 43.5 Å². The number of thioether (sulfide) groups is 1. The normalized spacial score (nSPS) is 16.4. The number of anilines is 1. The number of ether oxygens (including phenoxy) is 1. The molecule has 28 heavy (non-hydrogen) atoms. The van der Waals surface area contributed by atoms with Crippen molar-refractivity contribution < 1.29 is 17.9 Å². The Morgan fingerprint density at radius 2 is 1.89 bits per heavy atom. The molecule has 2 rings (SSSR count). The van der Waals surface area contributed by atoms with Gasteiger partial charge in [-0.1, -0.05) is 26.2 Å². The lowest BCUT2D eigenvalue weighted by Gasteiger charge is -2.21. The Morgan fingerprint density at radius 3 is 2.46 bits per heavy atom. The van der Waals surface area contributed by atoms with E-state index < -0.39 is 16.1 Å². The Balaban J connectivity index is 1.79. The summed E-state index contributed by atoms with van der Waals surface area (Å²) in [6.07, 6.45) is 7.76. The molecule has 1 aliphatic rings. The van der Waals surface area contributed by atoms with Gasteiger partial charge in [0.05, 0.1) is 11.9 Å². The van der Waals surface area contributed by atoms with Crippen LogP contribution in [-0.2, 0) is 14.8 Å². The largest absolute Gasteiger partial charge is 0.481 e. The van der Waals surface area contributed by atoms with Gasteiger partial charge >= 0.3 is 0 Å². The second-order valence-electron chi connectivity index (χ2n) is 7.16. The number of hydrogen-bond donors (Lipinski definition) is 1. The van der Waals surface area contributed by atoms with Gasteiger partial charge in [0.1, 0.15) is 5.75 Å². The SMILES string of the molecule is CCC(Oc1ccc(N(C)S(C)(=O)=O)cc1)C(=O)NCCSC1CCCCC1. The molecule has 1 unspecified atom stereocenters. The van der Waals surface area contributed by atoms with Crippen LogP contribution in [0.5, 0.6) is 5.75 Å². The summed E-state index contributed by atoms with van der Waals surface area (Å²) in [6, 6.07) is 6.71. The van der Waals surface area contributed by atoms with Crippen LogP contribution in [0.4, 0.5) is 5.69 Å². The van der Waals surface area contributed by atoms with Gasteiger partial charge in [0.2, 0.25) is 10.0 Å². The zero-order valence-electron chi connectivity index (χ0n) is 17.0. The molecular formula is C20H32N2O4S2. The number of carbonyl (C=O) groups excluding carboxylic acids is 1. The first-order chi connectivity index (χ1) is 13.3. The number of nitrogens with zero attached hydrogens (tertiary/aromatic N) is 1.